The minimum atomic E-state index is -1.29. The second kappa shape index (κ2) is 10.1. The van der Waals surface area contributed by atoms with Gasteiger partial charge < -0.3 is 25.8 Å². The van der Waals surface area contributed by atoms with Crippen molar-refractivity contribution in [2.45, 2.75) is 51.8 Å². The lowest BCUT2D eigenvalue weighted by molar-refractivity contribution is -0.136. The van der Waals surface area contributed by atoms with Gasteiger partial charge in [-0.2, -0.15) is 0 Å². The number of phenolic OH excluding ortho intramolecular Hbond substituents is 1. The van der Waals surface area contributed by atoms with Gasteiger partial charge in [0.2, 0.25) is 0 Å². The van der Waals surface area contributed by atoms with Crippen molar-refractivity contribution in [3.63, 3.8) is 0 Å². The second-order valence-corrected chi connectivity index (χ2v) is 12.5. The molecule has 3 aliphatic carbocycles. The Bertz CT molecular complexity index is 1600. The molecule has 222 valence electrons. The zero-order valence-corrected chi connectivity index (χ0v) is 24.3. The lowest BCUT2D eigenvalue weighted by Crippen LogP contribution is -2.55. The van der Waals surface area contributed by atoms with E-state index >= 15 is 0 Å². The maximum Gasteiger partial charge on any atom is 0.255 e. The highest BCUT2D eigenvalue weighted by molar-refractivity contribution is 6.28. The fraction of sp³-hybridized carbons (Fsp3) is 0.469. The average molecular weight is 576 g/mol. The predicted octanol–water partition coefficient (Wildman–Crippen LogP) is 3.00. The van der Waals surface area contributed by atoms with Crippen molar-refractivity contribution in [1.29, 1.82) is 0 Å². The fourth-order valence-electron chi connectivity index (χ4n) is 7.41. The summed E-state index contributed by atoms with van der Waals surface area (Å²) in [4.78, 5) is 43.7. The first-order chi connectivity index (χ1) is 19.9. The number of hydrogen-bond donors (Lipinski definition) is 4. The average Bonchev–Trinajstić information content (AvgIpc) is 2.87. The van der Waals surface area contributed by atoms with Crippen molar-refractivity contribution in [2.24, 2.45) is 23.5 Å². The van der Waals surface area contributed by atoms with Crippen LogP contribution in [-0.2, 0) is 27.3 Å². The molecular formula is C32H37N3O7. The number of likely N-dealkylation sites (tertiary alicyclic amines) is 1. The number of benzene rings is 2. The molecule has 4 atom stereocenters. The Kier molecular flexibility index (Phi) is 6.81. The summed E-state index contributed by atoms with van der Waals surface area (Å²) >= 11 is 0. The van der Waals surface area contributed by atoms with Crippen molar-refractivity contribution in [2.75, 3.05) is 27.2 Å². The monoisotopic (exact) mass is 575 g/mol. The number of fused-ring (bicyclic) bond motifs is 4. The lowest BCUT2D eigenvalue weighted by atomic mass is 9.59. The van der Waals surface area contributed by atoms with Crippen LogP contribution in [0.2, 0.25) is 0 Å². The molecule has 1 heterocycles. The maximum atomic E-state index is 14.1. The third-order valence-electron chi connectivity index (χ3n) is 9.26. The van der Waals surface area contributed by atoms with Crippen molar-refractivity contribution >= 4 is 34.0 Å². The van der Waals surface area contributed by atoms with Gasteiger partial charge in [0.05, 0.1) is 23.6 Å². The van der Waals surface area contributed by atoms with Gasteiger partial charge in [0.15, 0.2) is 11.6 Å². The molecule has 42 heavy (non-hydrogen) atoms. The summed E-state index contributed by atoms with van der Waals surface area (Å²) in [6.45, 7) is 6.59. The number of phenols is 1. The molecule has 0 aromatic heterocycles. The summed E-state index contributed by atoms with van der Waals surface area (Å²) < 4.78 is 6.33. The van der Waals surface area contributed by atoms with Gasteiger partial charge in [-0.05, 0) is 83.8 Å². The topological polar surface area (TPSA) is 154 Å². The van der Waals surface area contributed by atoms with E-state index in [1.54, 1.807) is 19.0 Å². The summed E-state index contributed by atoms with van der Waals surface area (Å²) in [6, 6.07) is 5.08. The summed E-state index contributed by atoms with van der Waals surface area (Å²) in [5.41, 5.74) is 6.70. The smallest absolute Gasteiger partial charge is 0.255 e. The summed E-state index contributed by atoms with van der Waals surface area (Å²) in [5.74, 6) is -5.37. The number of ketones is 2. The van der Waals surface area contributed by atoms with Crippen LogP contribution in [0.25, 0.3) is 16.5 Å². The van der Waals surface area contributed by atoms with E-state index in [0.29, 0.717) is 22.1 Å². The standard InChI is InChI=1S/C32H37N3O7/c1-14(2)42-31-17-7-6-15(13-35-8-5-9-35)10-18(17)26(36)23-20(31)12-16-11-19-22(27(37)21(16)28(23)38)29(39)24(32(33)41)30(40)25(19)34(3)4/h6-7,10,14,16,19,22,25,36,38,40H,5,8-9,11-13H2,1-4H3,(H2,33,41)/t16?,19?,22?,25-/m0/s1. The van der Waals surface area contributed by atoms with Gasteiger partial charge in [0.25, 0.3) is 5.91 Å². The minimum absolute atomic E-state index is 0.0571. The van der Waals surface area contributed by atoms with Gasteiger partial charge in [-0.1, -0.05) is 12.1 Å². The number of carbonyl (C=O) groups excluding carboxylic acids is 3. The lowest BCUT2D eigenvalue weighted by Gasteiger charge is -2.46. The van der Waals surface area contributed by atoms with E-state index in [4.69, 9.17) is 10.5 Å². The molecule has 0 spiro atoms. The van der Waals surface area contributed by atoms with Crippen LogP contribution in [-0.4, -0.2) is 81.9 Å². The van der Waals surface area contributed by atoms with Crippen LogP contribution in [0.1, 0.15) is 43.4 Å². The molecule has 1 aliphatic heterocycles. The number of aliphatic hydroxyl groups excluding tert-OH is 2. The Morgan fingerprint density at radius 1 is 1.12 bits per heavy atom. The number of aromatic hydroxyl groups is 1. The van der Waals surface area contributed by atoms with E-state index in [-0.39, 0.29) is 41.6 Å². The summed E-state index contributed by atoms with van der Waals surface area (Å²) in [5, 5.41) is 35.5. The highest BCUT2D eigenvalue weighted by Crippen LogP contribution is 2.54. The van der Waals surface area contributed by atoms with Crippen molar-refractivity contribution in [3.05, 3.63) is 51.8 Å². The number of nitrogens with zero attached hydrogens (tertiary/aromatic N) is 2. The Morgan fingerprint density at radius 2 is 1.83 bits per heavy atom. The molecule has 1 amide bonds. The number of primary amides is 1. The van der Waals surface area contributed by atoms with Crippen molar-refractivity contribution < 1.29 is 34.4 Å². The number of amides is 1. The number of likely N-dealkylation sites (N-methyl/N-ethyl adjacent to an activating group) is 1. The molecule has 10 nitrogen and oxygen atoms in total. The van der Waals surface area contributed by atoms with Gasteiger partial charge in [0, 0.05) is 28.5 Å². The molecule has 2 aromatic rings. The minimum Gasteiger partial charge on any atom is -0.510 e. The third-order valence-corrected chi connectivity index (χ3v) is 9.26. The van der Waals surface area contributed by atoms with Gasteiger partial charge in [0.1, 0.15) is 28.6 Å². The van der Waals surface area contributed by atoms with Crippen molar-refractivity contribution in [1.82, 2.24) is 9.80 Å². The molecule has 4 aliphatic rings. The second-order valence-electron chi connectivity index (χ2n) is 12.5. The Balaban J connectivity index is 1.53. The number of carbonyl (C=O) groups is 3. The number of ether oxygens (including phenoxy) is 1. The van der Waals surface area contributed by atoms with E-state index in [0.717, 1.165) is 31.6 Å². The quantitative estimate of drug-likeness (QED) is 0.301. The van der Waals surface area contributed by atoms with Crippen LogP contribution in [0.4, 0.5) is 0 Å². The molecule has 3 unspecified atom stereocenters. The Labute approximate surface area is 244 Å². The Hall–Kier alpha value is -3.89. The van der Waals surface area contributed by atoms with Crippen LogP contribution >= 0.6 is 0 Å². The molecule has 0 bridgehead atoms. The summed E-state index contributed by atoms with van der Waals surface area (Å²) in [7, 11) is 3.40. The zero-order chi connectivity index (χ0) is 30.2. The third kappa shape index (κ3) is 4.19. The molecule has 5 N–H and O–H groups in total. The van der Waals surface area contributed by atoms with Gasteiger partial charge >= 0.3 is 0 Å². The largest absolute Gasteiger partial charge is 0.510 e. The highest BCUT2D eigenvalue weighted by atomic mass is 16.5. The molecule has 2 aromatic carbocycles. The number of aliphatic hydroxyl groups is 2. The molecule has 2 fully saturated rings. The predicted molar refractivity (Wildman–Crippen MR) is 156 cm³/mol. The first-order valence-corrected chi connectivity index (χ1v) is 14.5. The highest BCUT2D eigenvalue weighted by Gasteiger charge is 2.56. The zero-order valence-electron chi connectivity index (χ0n) is 24.3. The van der Waals surface area contributed by atoms with E-state index < -0.39 is 52.6 Å². The molecular weight excluding hydrogens is 538 g/mol. The Morgan fingerprint density at radius 3 is 2.43 bits per heavy atom. The van der Waals surface area contributed by atoms with Crippen molar-refractivity contribution in [3.8, 4) is 11.5 Å². The van der Waals surface area contributed by atoms with Crippen LogP contribution in [0.15, 0.2) is 35.1 Å². The molecule has 10 heteroatoms. The first-order valence-electron chi connectivity index (χ1n) is 14.5. The SMILES string of the molecule is CC(C)Oc1c2c(c(O)c3cc(CN4CCC4)ccc13)C(O)=C1C(=O)C3C(=O)C(C(N)=O)=C(O)[C@@H](N(C)C)C3CC1C2. The van der Waals surface area contributed by atoms with E-state index in [9.17, 15) is 29.7 Å². The number of rotatable bonds is 6. The van der Waals surface area contributed by atoms with Crippen LogP contribution < -0.4 is 10.5 Å². The number of hydrogen-bond acceptors (Lipinski definition) is 9. The van der Waals surface area contributed by atoms with Crippen LogP contribution in [0.3, 0.4) is 0 Å². The van der Waals surface area contributed by atoms with Gasteiger partial charge in [-0.3, -0.25) is 24.2 Å². The number of Topliss-reactive ketones (excluding diaryl/α,β-unsaturated/α-hetero) is 2. The fourth-order valence-corrected chi connectivity index (χ4v) is 7.41. The van der Waals surface area contributed by atoms with E-state index in [1.165, 1.54) is 0 Å². The molecule has 0 radical (unpaired) electrons. The number of nitrogens with two attached hydrogens (primary N) is 1. The molecule has 6 rings (SSSR count). The van der Waals surface area contributed by atoms with E-state index in [1.807, 2.05) is 32.0 Å². The van der Waals surface area contributed by atoms with Crippen LogP contribution in [0, 0.1) is 17.8 Å². The normalized spacial score (nSPS) is 26.0. The van der Waals surface area contributed by atoms with E-state index in [2.05, 4.69) is 4.90 Å². The maximum absolute atomic E-state index is 14.1. The first kappa shape index (κ1) is 28.2. The van der Waals surface area contributed by atoms with Gasteiger partial charge in [-0.15, -0.1) is 0 Å². The van der Waals surface area contributed by atoms with Crippen LogP contribution in [0.5, 0.6) is 11.5 Å². The summed E-state index contributed by atoms with van der Waals surface area (Å²) in [6.07, 6.45) is 1.53. The van der Waals surface area contributed by atoms with Gasteiger partial charge in [-0.25, -0.2) is 0 Å². The molecule has 1 saturated carbocycles. The molecule has 1 saturated heterocycles. The number of allylic oxidation sites excluding steroid dienone is 1.